The monoisotopic (exact) mass is 178 g/mol. The Morgan fingerprint density at radius 1 is 1.54 bits per heavy atom. The van der Waals surface area contributed by atoms with E-state index in [2.05, 4.69) is 36.4 Å². The molecule has 0 saturated heterocycles. The normalized spacial score (nSPS) is 27.2. The van der Waals surface area contributed by atoms with E-state index < -0.39 is 0 Å². The van der Waals surface area contributed by atoms with E-state index in [1.807, 2.05) is 0 Å². The summed E-state index contributed by atoms with van der Waals surface area (Å²) < 4.78 is 0. The largest absolute Gasteiger partial charge is 0.365 e. The van der Waals surface area contributed by atoms with Gasteiger partial charge in [0.05, 0.1) is 0 Å². The molecule has 0 saturated carbocycles. The highest BCUT2D eigenvalue weighted by molar-refractivity contribution is 5.27. The zero-order valence-corrected chi connectivity index (χ0v) is 8.43. The quantitative estimate of drug-likeness (QED) is 0.715. The second kappa shape index (κ2) is 3.54. The maximum atomic E-state index is 3.64. The van der Waals surface area contributed by atoms with Crippen molar-refractivity contribution in [3.05, 3.63) is 23.5 Å². The van der Waals surface area contributed by atoms with Crippen LogP contribution in [0.5, 0.6) is 0 Å². The summed E-state index contributed by atoms with van der Waals surface area (Å²) in [5, 5.41) is 3.64. The van der Waals surface area contributed by atoms with Gasteiger partial charge in [-0.15, -0.1) is 0 Å². The zero-order chi connectivity index (χ0) is 9.26. The third-order valence-corrected chi connectivity index (χ3v) is 2.82. The van der Waals surface area contributed by atoms with Gasteiger partial charge >= 0.3 is 0 Å². The van der Waals surface area contributed by atoms with Crippen LogP contribution in [0.2, 0.25) is 0 Å². The molecule has 0 aromatic carbocycles. The molecule has 0 aliphatic carbocycles. The first kappa shape index (κ1) is 8.82. The van der Waals surface area contributed by atoms with Crippen molar-refractivity contribution in [3.63, 3.8) is 0 Å². The minimum atomic E-state index is 0.579. The van der Waals surface area contributed by atoms with Gasteiger partial charge in [-0.2, -0.15) is 0 Å². The number of H-pyrrole nitrogens is 1. The topological polar surface area (TPSA) is 27.8 Å². The molecule has 2 rings (SSSR count). The average Bonchev–Trinajstić information content (AvgIpc) is 2.52. The van der Waals surface area contributed by atoms with Crippen LogP contribution in [-0.4, -0.2) is 11.0 Å². The molecule has 1 aromatic rings. The van der Waals surface area contributed by atoms with Crippen molar-refractivity contribution in [2.24, 2.45) is 0 Å². The van der Waals surface area contributed by atoms with Gasteiger partial charge in [0.15, 0.2) is 0 Å². The SMILES string of the molecule is CCCC1NC(C)Cc2[nH]ccc21. The van der Waals surface area contributed by atoms with Crippen molar-refractivity contribution >= 4 is 0 Å². The van der Waals surface area contributed by atoms with E-state index in [1.54, 1.807) is 0 Å². The van der Waals surface area contributed by atoms with E-state index in [-0.39, 0.29) is 0 Å². The van der Waals surface area contributed by atoms with Crippen molar-refractivity contribution in [1.82, 2.24) is 10.3 Å². The Hall–Kier alpha value is -0.760. The van der Waals surface area contributed by atoms with Crippen molar-refractivity contribution in [1.29, 1.82) is 0 Å². The predicted molar refractivity (Wildman–Crippen MR) is 54.7 cm³/mol. The maximum absolute atomic E-state index is 3.64. The van der Waals surface area contributed by atoms with Gasteiger partial charge in [0.2, 0.25) is 0 Å². The molecule has 0 spiro atoms. The first-order valence-corrected chi connectivity index (χ1v) is 5.23. The van der Waals surface area contributed by atoms with Gasteiger partial charge in [-0.1, -0.05) is 13.3 Å². The molecule has 0 amide bonds. The van der Waals surface area contributed by atoms with Crippen molar-refractivity contribution in [3.8, 4) is 0 Å². The van der Waals surface area contributed by atoms with Gasteiger partial charge < -0.3 is 10.3 Å². The molecule has 2 unspecified atom stereocenters. The van der Waals surface area contributed by atoms with E-state index in [0.29, 0.717) is 12.1 Å². The lowest BCUT2D eigenvalue weighted by atomic mass is 9.94. The fourth-order valence-corrected chi connectivity index (χ4v) is 2.25. The molecule has 1 aliphatic rings. The lowest BCUT2D eigenvalue weighted by molar-refractivity contribution is 0.399. The predicted octanol–water partition coefficient (Wildman–Crippen LogP) is 2.39. The molecular formula is C11H18N2. The fourth-order valence-electron chi connectivity index (χ4n) is 2.25. The van der Waals surface area contributed by atoms with Gasteiger partial charge in [-0.3, -0.25) is 0 Å². The Balaban J connectivity index is 2.22. The molecule has 2 N–H and O–H groups in total. The summed E-state index contributed by atoms with van der Waals surface area (Å²) in [4.78, 5) is 3.34. The molecule has 1 aliphatic heterocycles. The van der Waals surface area contributed by atoms with Crippen molar-refractivity contribution in [2.45, 2.75) is 45.2 Å². The summed E-state index contributed by atoms with van der Waals surface area (Å²) in [7, 11) is 0. The average molecular weight is 178 g/mol. The van der Waals surface area contributed by atoms with E-state index in [4.69, 9.17) is 0 Å². The second-order valence-electron chi connectivity index (χ2n) is 4.02. The zero-order valence-electron chi connectivity index (χ0n) is 8.43. The summed E-state index contributed by atoms with van der Waals surface area (Å²) in [6, 6.07) is 3.41. The smallest absolute Gasteiger partial charge is 0.0340 e. The van der Waals surface area contributed by atoms with Crippen LogP contribution >= 0.6 is 0 Å². The lowest BCUT2D eigenvalue weighted by Gasteiger charge is -2.29. The maximum Gasteiger partial charge on any atom is 0.0340 e. The highest BCUT2D eigenvalue weighted by Gasteiger charge is 2.23. The lowest BCUT2D eigenvalue weighted by Crippen LogP contribution is -2.36. The van der Waals surface area contributed by atoms with E-state index in [0.717, 1.165) is 6.42 Å². The number of fused-ring (bicyclic) bond motifs is 1. The Kier molecular flexibility index (Phi) is 2.40. The third kappa shape index (κ3) is 1.63. The molecular weight excluding hydrogens is 160 g/mol. The summed E-state index contributed by atoms with van der Waals surface area (Å²) in [6.07, 6.45) is 5.69. The number of aromatic nitrogens is 1. The molecule has 1 aromatic heterocycles. The molecule has 2 atom stereocenters. The first-order chi connectivity index (χ1) is 6.31. The molecule has 2 heterocycles. The molecule has 0 fully saturated rings. The first-order valence-electron chi connectivity index (χ1n) is 5.23. The van der Waals surface area contributed by atoms with E-state index in [9.17, 15) is 0 Å². The van der Waals surface area contributed by atoms with Gasteiger partial charge in [-0.25, -0.2) is 0 Å². The molecule has 13 heavy (non-hydrogen) atoms. The van der Waals surface area contributed by atoms with Crippen LogP contribution in [0.4, 0.5) is 0 Å². The summed E-state index contributed by atoms with van der Waals surface area (Å²) in [5.41, 5.74) is 2.92. The van der Waals surface area contributed by atoms with Gasteiger partial charge in [-0.05, 0) is 25.0 Å². The molecule has 2 nitrogen and oxygen atoms in total. The van der Waals surface area contributed by atoms with E-state index in [1.165, 1.54) is 24.1 Å². The van der Waals surface area contributed by atoms with Crippen molar-refractivity contribution < 1.29 is 0 Å². The van der Waals surface area contributed by atoms with Crippen LogP contribution in [0, 0.1) is 0 Å². The highest BCUT2D eigenvalue weighted by atomic mass is 15.0. The molecule has 0 radical (unpaired) electrons. The highest BCUT2D eigenvalue weighted by Crippen LogP contribution is 2.27. The summed E-state index contributed by atoms with van der Waals surface area (Å²) in [5.74, 6) is 0. The van der Waals surface area contributed by atoms with Crippen LogP contribution in [0.3, 0.4) is 0 Å². The van der Waals surface area contributed by atoms with Gasteiger partial charge in [0, 0.05) is 30.4 Å². The Bertz CT molecular complexity index is 277. The minimum absolute atomic E-state index is 0.579. The number of hydrogen-bond donors (Lipinski definition) is 2. The number of hydrogen-bond acceptors (Lipinski definition) is 1. The number of aromatic amines is 1. The van der Waals surface area contributed by atoms with Crippen LogP contribution in [-0.2, 0) is 6.42 Å². The molecule has 0 bridgehead atoms. The van der Waals surface area contributed by atoms with Gasteiger partial charge in [0.25, 0.3) is 0 Å². The van der Waals surface area contributed by atoms with Gasteiger partial charge in [0.1, 0.15) is 0 Å². The number of nitrogens with one attached hydrogen (secondary N) is 2. The van der Waals surface area contributed by atoms with Crippen LogP contribution in [0.25, 0.3) is 0 Å². The van der Waals surface area contributed by atoms with Crippen LogP contribution < -0.4 is 5.32 Å². The molecule has 2 heteroatoms. The minimum Gasteiger partial charge on any atom is -0.365 e. The van der Waals surface area contributed by atoms with Crippen molar-refractivity contribution in [2.75, 3.05) is 0 Å². The Morgan fingerprint density at radius 3 is 3.15 bits per heavy atom. The standard InChI is InChI=1S/C11H18N2/c1-3-4-10-9-5-6-12-11(9)7-8(2)13-10/h5-6,8,10,12-13H,3-4,7H2,1-2H3. The summed E-state index contributed by atoms with van der Waals surface area (Å²) >= 11 is 0. The van der Waals surface area contributed by atoms with Crippen LogP contribution in [0.1, 0.15) is 44.0 Å². The Labute approximate surface area is 79.7 Å². The number of rotatable bonds is 2. The molecule has 72 valence electrons. The fraction of sp³-hybridized carbons (Fsp3) is 0.636. The third-order valence-electron chi connectivity index (χ3n) is 2.82. The Morgan fingerprint density at radius 2 is 2.38 bits per heavy atom. The second-order valence-corrected chi connectivity index (χ2v) is 4.02. The van der Waals surface area contributed by atoms with E-state index >= 15 is 0 Å². The van der Waals surface area contributed by atoms with Crippen LogP contribution in [0.15, 0.2) is 12.3 Å². The summed E-state index contributed by atoms with van der Waals surface area (Å²) in [6.45, 7) is 4.50.